The quantitative estimate of drug-likeness (QED) is 0.813. The molecule has 19 heavy (non-hydrogen) atoms. The van der Waals surface area contributed by atoms with Crippen molar-refractivity contribution in [3.8, 4) is 11.8 Å². The zero-order valence-electron chi connectivity index (χ0n) is 11.9. The van der Waals surface area contributed by atoms with Gasteiger partial charge in [0.15, 0.2) is 0 Å². The summed E-state index contributed by atoms with van der Waals surface area (Å²) in [4.78, 5) is 12.1. The summed E-state index contributed by atoms with van der Waals surface area (Å²) in [6.07, 6.45) is 0.934. The molecule has 0 aliphatic rings. The molecular formula is C16H22N2O. The van der Waals surface area contributed by atoms with Crippen LogP contribution in [0.25, 0.3) is 0 Å². The highest BCUT2D eigenvalue weighted by atomic mass is 16.1. The topological polar surface area (TPSA) is 55.1 Å². The van der Waals surface area contributed by atoms with Gasteiger partial charge in [0, 0.05) is 17.2 Å². The normalized spacial score (nSPS) is 11.6. The van der Waals surface area contributed by atoms with Gasteiger partial charge >= 0.3 is 0 Å². The van der Waals surface area contributed by atoms with Gasteiger partial charge in [-0.05, 0) is 36.6 Å². The van der Waals surface area contributed by atoms with E-state index < -0.39 is 0 Å². The average Bonchev–Trinajstić information content (AvgIpc) is 2.42. The molecule has 0 radical (unpaired) electrons. The van der Waals surface area contributed by atoms with Crippen molar-refractivity contribution >= 4 is 5.91 Å². The molecule has 0 saturated heterocycles. The van der Waals surface area contributed by atoms with Crippen molar-refractivity contribution in [1.29, 1.82) is 0 Å². The third-order valence-electron chi connectivity index (χ3n) is 3.04. The van der Waals surface area contributed by atoms with Gasteiger partial charge in [0.05, 0.1) is 6.54 Å². The molecule has 0 aliphatic carbocycles. The van der Waals surface area contributed by atoms with E-state index in [2.05, 4.69) is 37.9 Å². The van der Waals surface area contributed by atoms with Crippen LogP contribution >= 0.6 is 0 Å². The molecule has 0 spiro atoms. The van der Waals surface area contributed by atoms with Crippen LogP contribution in [0.2, 0.25) is 0 Å². The fourth-order valence-corrected chi connectivity index (χ4v) is 1.85. The number of nitrogens with two attached hydrogens (primary N) is 1. The minimum Gasteiger partial charge on any atom is -0.349 e. The zero-order valence-corrected chi connectivity index (χ0v) is 11.9. The number of hydrogen-bond acceptors (Lipinski definition) is 2. The van der Waals surface area contributed by atoms with Crippen LogP contribution in [0.15, 0.2) is 24.3 Å². The van der Waals surface area contributed by atoms with E-state index in [0.717, 1.165) is 12.0 Å². The van der Waals surface area contributed by atoms with E-state index in [0.29, 0.717) is 18.0 Å². The molecule has 102 valence electrons. The summed E-state index contributed by atoms with van der Waals surface area (Å²) in [5.74, 6) is 6.13. The molecule has 0 fully saturated rings. The summed E-state index contributed by atoms with van der Waals surface area (Å²) in [5, 5.41) is 3.05. The van der Waals surface area contributed by atoms with Gasteiger partial charge in [0.1, 0.15) is 0 Å². The lowest BCUT2D eigenvalue weighted by Gasteiger charge is -2.20. The minimum atomic E-state index is -0.0288. The smallest absolute Gasteiger partial charge is 0.251 e. The van der Waals surface area contributed by atoms with E-state index >= 15 is 0 Å². The number of nitrogens with one attached hydrogen (secondary N) is 1. The Hall–Kier alpha value is -1.79. The lowest BCUT2D eigenvalue weighted by Crippen LogP contribution is -2.37. The maximum absolute atomic E-state index is 12.1. The van der Waals surface area contributed by atoms with Crippen LogP contribution in [0, 0.1) is 17.8 Å². The number of carbonyl (C=O) groups excluding carboxylic acids is 1. The Labute approximate surface area is 115 Å². The molecule has 1 atom stereocenters. The van der Waals surface area contributed by atoms with Crippen LogP contribution in [-0.2, 0) is 0 Å². The number of benzene rings is 1. The Morgan fingerprint density at radius 3 is 2.42 bits per heavy atom. The van der Waals surface area contributed by atoms with Crippen LogP contribution in [0.3, 0.4) is 0 Å². The molecule has 1 aromatic carbocycles. The van der Waals surface area contributed by atoms with Crippen LogP contribution < -0.4 is 11.1 Å². The van der Waals surface area contributed by atoms with Gasteiger partial charge in [-0.3, -0.25) is 4.79 Å². The average molecular weight is 258 g/mol. The van der Waals surface area contributed by atoms with Gasteiger partial charge < -0.3 is 11.1 Å². The molecule has 0 bridgehead atoms. The molecular weight excluding hydrogens is 236 g/mol. The molecule has 1 aromatic rings. The lowest BCUT2D eigenvalue weighted by molar-refractivity contribution is 0.0924. The fourth-order valence-electron chi connectivity index (χ4n) is 1.85. The standard InChI is InChI=1S/C16H22N2O/c1-4-15(12(2)3)18-16(19)14-9-7-13(8-10-14)6-5-11-17/h7-10,12,15H,4,11,17H2,1-3H3,(H,18,19). The molecule has 0 heterocycles. The summed E-state index contributed by atoms with van der Waals surface area (Å²) in [6, 6.07) is 7.48. The van der Waals surface area contributed by atoms with Crippen molar-refractivity contribution in [3.05, 3.63) is 35.4 Å². The third kappa shape index (κ3) is 4.76. The Balaban J connectivity index is 2.72. The van der Waals surface area contributed by atoms with Gasteiger partial charge in [-0.2, -0.15) is 0 Å². The van der Waals surface area contributed by atoms with Crippen molar-refractivity contribution in [2.45, 2.75) is 33.2 Å². The first kappa shape index (κ1) is 15.3. The highest BCUT2D eigenvalue weighted by Gasteiger charge is 2.14. The van der Waals surface area contributed by atoms with Crippen molar-refractivity contribution < 1.29 is 4.79 Å². The third-order valence-corrected chi connectivity index (χ3v) is 3.04. The number of hydrogen-bond donors (Lipinski definition) is 2. The molecule has 0 aliphatic heterocycles. The Bertz CT molecular complexity index is 466. The van der Waals surface area contributed by atoms with Gasteiger partial charge in [0.25, 0.3) is 5.91 Å². The zero-order chi connectivity index (χ0) is 14.3. The second-order valence-electron chi connectivity index (χ2n) is 4.82. The monoisotopic (exact) mass is 258 g/mol. The second kappa shape index (κ2) is 7.60. The van der Waals surface area contributed by atoms with Crippen molar-refractivity contribution in [3.63, 3.8) is 0 Å². The highest BCUT2D eigenvalue weighted by molar-refractivity contribution is 5.94. The lowest BCUT2D eigenvalue weighted by atomic mass is 10.0. The molecule has 1 rings (SSSR count). The first-order chi connectivity index (χ1) is 9.08. The molecule has 3 heteroatoms. The van der Waals surface area contributed by atoms with Gasteiger partial charge in [-0.1, -0.05) is 32.6 Å². The molecule has 0 aromatic heterocycles. The Morgan fingerprint density at radius 1 is 1.32 bits per heavy atom. The summed E-state index contributed by atoms with van der Waals surface area (Å²) in [5.41, 5.74) is 6.85. The van der Waals surface area contributed by atoms with Crippen LogP contribution in [0.1, 0.15) is 43.1 Å². The van der Waals surface area contributed by atoms with Crippen molar-refractivity contribution in [2.24, 2.45) is 11.7 Å². The van der Waals surface area contributed by atoms with E-state index in [9.17, 15) is 4.79 Å². The highest BCUT2D eigenvalue weighted by Crippen LogP contribution is 2.08. The summed E-state index contributed by atoms with van der Waals surface area (Å²) in [6.45, 7) is 6.64. The number of rotatable bonds is 4. The first-order valence-electron chi connectivity index (χ1n) is 6.68. The summed E-state index contributed by atoms with van der Waals surface area (Å²) in [7, 11) is 0. The molecule has 1 amide bonds. The number of amides is 1. The van der Waals surface area contributed by atoms with Gasteiger partial charge in [-0.25, -0.2) is 0 Å². The maximum atomic E-state index is 12.1. The van der Waals surface area contributed by atoms with Crippen LogP contribution in [0.4, 0.5) is 0 Å². The second-order valence-corrected chi connectivity index (χ2v) is 4.82. The SMILES string of the molecule is CCC(NC(=O)c1ccc(C#CCN)cc1)C(C)C. The van der Waals surface area contributed by atoms with Gasteiger partial charge in [0.2, 0.25) is 0 Å². The molecule has 1 unspecified atom stereocenters. The first-order valence-corrected chi connectivity index (χ1v) is 6.68. The van der Waals surface area contributed by atoms with E-state index in [-0.39, 0.29) is 11.9 Å². The van der Waals surface area contributed by atoms with Crippen LogP contribution in [-0.4, -0.2) is 18.5 Å². The summed E-state index contributed by atoms with van der Waals surface area (Å²) < 4.78 is 0. The Morgan fingerprint density at radius 2 is 1.95 bits per heavy atom. The van der Waals surface area contributed by atoms with E-state index in [1.807, 2.05) is 12.1 Å². The Kier molecular flexibility index (Phi) is 6.11. The van der Waals surface area contributed by atoms with Crippen molar-refractivity contribution in [2.75, 3.05) is 6.54 Å². The predicted molar refractivity (Wildman–Crippen MR) is 78.8 cm³/mol. The van der Waals surface area contributed by atoms with E-state index in [1.165, 1.54) is 0 Å². The predicted octanol–water partition coefficient (Wildman–Crippen LogP) is 2.16. The molecule has 0 saturated carbocycles. The van der Waals surface area contributed by atoms with Gasteiger partial charge in [-0.15, -0.1) is 0 Å². The van der Waals surface area contributed by atoms with E-state index in [4.69, 9.17) is 5.73 Å². The van der Waals surface area contributed by atoms with E-state index in [1.54, 1.807) is 12.1 Å². The largest absolute Gasteiger partial charge is 0.349 e. The summed E-state index contributed by atoms with van der Waals surface area (Å²) >= 11 is 0. The van der Waals surface area contributed by atoms with Crippen molar-refractivity contribution in [1.82, 2.24) is 5.32 Å². The number of carbonyl (C=O) groups is 1. The molecule has 3 nitrogen and oxygen atoms in total. The minimum absolute atomic E-state index is 0.0288. The molecule has 3 N–H and O–H groups in total. The fraction of sp³-hybridized carbons (Fsp3) is 0.438. The van der Waals surface area contributed by atoms with Crippen LogP contribution in [0.5, 0.6) is 0 Å². The maximum Gasteiger partial charge on any atom is 0.251 e.